The van der Waals surface area contributed by atoms with Gasteiger partial charge in [0.2, 0.25) is 17.6 Å². The normalized spacial score (nSPS) is 12.0. The highest BCUT2D eigenvalue weighted by Gasteiger charge is 2.14. The van der Waals surface area contributed by atoms with E-state index in [2.05, 4.69) is 15.5 Å². The van der Waals surface area contributed by atoms with E-state index >= 15 is 0 Å². The average Bonchev–Trinajstić information content (AvgIpc) is 3.18. The molecule has 8 heteroatoms. The lowest BCUT2D eigenvalue weighted by molar-refractivity contribution is -0.113. The first-order valence-corrected chi connectivity index (χ1v) is 9.19. The monoisotopic (exact) mass is 347 g/mol. The smallest absolute Gasteiger partial charge is 0.239 e. The van der Waals surface area contributed by atoms with Crippen molar-refractivity contribution in [1.82, 2.24) is 10.1 Å². The van der Waals surface area contributed by atoms with E-state index in [-0.39, 0.29) is 23.3 Å². The van der Waals surface area contributed by atoms with Crippen LogP contribution in [0.3, 0.4) is 0 Å². The summed E-state index contributed by atoms with van der Waals surface area (Å²) in [6, 6.07) is 10.9. The highest BCUT2D eigenvalue weighted by Crippen LogP contribution is 2.19. The third kappa shape index (κ3) is 4.33. The Hall–Kier alpha value is -2.32. The highest BCUT2D eigenvalue weighted by atomic mass is 32.2. The molecule has 2 aromatic heterocycles. The Morgan fingerprint density at radius 1 is 1.26 bits per heavy atom. The molecule has 0 fully saturated rings. The van der Waals surface area contributed by atoms with Crippen molar-refractivity contribution in [3.8, 4) is 11.4 Å². The summed E-state index contributed by atoms with van der Waals surface area (Å²) >= 11 is 1.53. The van der Waals surface area contributed by atoms with Crippen LogP contribution in [-0.4, -0.2) is 26.0 Å². The summed E-state index contributed by atoms with van der Waals surface area (Å²) in [7, 11) is -1.41. The van der Waals surface area contributed by atoms with Gasteiger partial charge in [-0.05, 0) is 23.6 Å². The molecule has 1 N–H and O–H groups in total. The molecule has 3 rings (SSSR count). The van der Waals surface area contributed by atoms with Crippen LogP contribution in [0.2, 0.25) is 0 Å². The van der Waals surface area contributed by atoms with E-state index < -0.39 is 10.8 Å². The van der Waals surface area contributed by atoms with Gasteiger partial charge in [-0.3, -0.25) is 9.00 Å². The average molecular weight is 347 g/mol. The van der Waals surface area contributed by atoms with E-state index in [0.29, 0.717) is 11.5 Å². The first-order chi connectivity index (χ1) is 11.2. The Bertz CT molecular complexity index is 801. The van der Waals surface area contributed by atoms with Gasteiger partial charge in [0.1, 0.15) is 11.5 Å². The van der Waals surface area contributed by atoms with E-state index in [0.717, 1.165) is 5.56 Å². The lowest BCUT2D eigenvalue weighted by Crippen LogP contribution is -2.20. The molecule has 1 aromatic carbocycles. The van der Waals surface area contributed by atoms with Gasteiger partial charge in [-0.15, -0.1) is 0 Å². The number of anilines is 1. The second-order valence-corrected chi connectivity index (χ2v) is 6.90. The molecule has 3 aromatic rings. The van der Waals surface area contributed by atoms with E-state index in [1.54, 1.807) is 12.1 Å². The fourth-order valence-electron chi connectivity index (χ4n) is 1.88. The molecule has 23 heavy (non-hydrogen) atoms. The van der Waals surface area contributed by atoms with Gasteiger partial charge >= 0.3 is 0 Å². The largest absolute Gasteiger partial charge is 0.338 e. The van der Waals surface area contributed by atoms with Crippen LogP contribution >= 0.6 is 11.3 Å². The fraction of sp³-hybridized carbons (Fsp3) is 0.133. The zero-order valence-electron chi connectivity index (χ0n) is 12.0. The maximum atomic E-state index is 12.0. The van der Waals surface area contributed by atoms with Crippen molar-refractivity contribution in [2.24, 2.45) is 0 Å². The molecule has 2 heterocycles. The Morgan fingerprint density at radius 2 is 2.09 bits per heavy atom. The molecule has 0 saturated carbocycles. The molecule has 118 valence electrons. The Balaban J connectivity index is 1.54. The summed E-state index contributed by atoms with van der Waals surface area (Å²) < 4.78 is 17.1. The molecule has 0 aliphatic carbocycles. The number of carbonyl (C=O) groups excluding carboxylic acids is 1. The van der Waals surface area contributed by atoms with Crippen LogP contribution in [0.15, 0.2) is 51.7 Å². The minimum absolute atomic E-state index is 0.0549. The van der Waals surface area contributed by atoms with Gasteiger partial charge in [0.25, 0.3) is 0 Å². The Morgan fingerprint density at radius 3 is 2.83 bits per heavy atom. The second-order valence-electron chi connectivity index (χ2n) is 4.67. The molecular weight excluding hydrogens is 334 g/mol. The molecule has 0 aliphatic heterocycles. The number of amides is 1. The fourth-order valence-corrected chi connectivity index (χ4v) is 3.37. The second kappa shape index (κ2) is 7.30. The van der Waals surface area contributed by atoms with Crippen LogP contribution in [0.4, 0.5) is 5.69 Å². The molecule has 0 saturated heterocycles. The third-order valence-corrected chi connectivity index (χ3v) is 4.72. The van der Waals surface area contributed by atoms with E-state index in [1.807, 2.05) is 35.0 Å². The number of carbonyl (C=O) groups is 1. The van der Waals surface area contributed by atoms with E-state index in [1.165, 1.54) is 11.3 Å². The van der Waals surface area contributed by atoms with Crippen molar-refractivity contribution in [3.05, 3.63) is 53.0 Å². The topological polar surface area (TPSA) is 85.1 Å². The molecule has 0 spiro atoms. The molecule has 1 atom stereocenters. The number of rotatable bonds is 6. The van der Waals surface area contributed by atoms with Gasteiger partial charge in [-0.2, -0.15) is 16.3 Å². The van der Waals surface area contributed by atoms with Gasteiger partial charge < -0.3 is 9.84 Å². The standard InChI is InChI=1S/C15H13N3O3S2/c19-13(16-12-4-2-1-3-5-12)9-23(20)10-14-17-15(18-21-14)11-6-7-22-8-11/h1-8H,9-10H2,(H,16,19). The van der Waals surface area contributed by atoms with Crippen LogP contribution < -0.4 is 5.32 Å². The number of nitrogens with zero attached hydrogens (tertiary/aromatic N) is 2. The third-order valence-electron chi connectivity index (χ3n) is 2.88. The minimum Gasteiger partial charge on any atom is -0.338 e. The molecule has 1 unspecified atom stereocenters. The predicted octanol–water partition coefficient (Wildman–Crippen LogP) is 2.69. The number of para-hydroxylation sites is 1. The van der Waals surface area contributed by atoms with Crippen molar-refractivity contribution < 1.29 is 13.5 Å². The Labute approximate surface area is 139 Å². The zero-order valence-corrected chi connectivity index (χ0v) is 13.6. The predicted molar refractivity (Wildman–Crippen MR) is 89.4 cm³/mol. The lowest BCUT2D eigenvalue weighted by Gasteiger charge is -2.03. The maximum absolute atomic E-state index is 12.0. The number of aromatic nitrogens is 2. The molecule has 6 nitrogen and oxygen atoms in total. The van der Waals surface area contributed by atoms with Crippen molar-refractivity contribution in [1.29, 1.82) is 0 Å². The molecular formula is C15H13N3O3S2. The van der Waals surface area contributed by atoms with Crippen molar-refractivity contribution in [2.45, 2.75) is 5.75 Å². The molecule has 1 amide bonds. The number of nitrogens with one attached hydrogen (secondary N) is 1. The van der Waals surface area contributed by atoms with Crippen molar-refractivity contribution >= 4 is 33.7 Å². The summed E-state index contributed by atoms with van der Waals surface area (Å²) in [6.07, 6.45) is 0. The van der Waals surface area contributed by atoms with E-state index in [9.17, 15) is 9.00 Å². The number of benzene rings is 1. The number of hydrogen-bond acceptors (Lipinski definition) is 6. The summed E-state index contributed by atoms with van der Waals surface area (Å²) in [5.74, 6) is 0.348. The van der Waals surface area contributed by atoms with Gasteiger partial charge in [0.05, 0.1) is 0 Å². The van der Waals surface area contributed by atoms with Crippen molar-refractivity contribution in [2.75, 3.05) is 11.1 Å². The molecule has 0 bridgehead atoms. The van der Waals surface area contributed by atoms with Crippen molar-refractivity contribution in [3.63, 3.8) is 0 Å². The van der Waals surface area contributed by atoms with Crippen LogP contribution in [0.1, 0.15) is 5.89 Å². The van der Waals surface area contributed by atoms with Gasteiger partial charge in [-0.1, -0.05) is 23.4 Å². The Kier molecular flexibility index (Phi) is 4.94. The summed E-state index contributed by atoms with van der Waals surface area (Å²) in [4.78, 5) is 16.0. The summed E-state index contributed by atoms with van der Waals surface area (Å²) in [5.41, 5.74) is 1.53. The van der Waals surface area contributed by atoms with E-state index in [4.69, 9.17) is 4.52 Å². The molecule has 0 aliphatic rings. The summed E-state index contributed by atoms with van der Waals surface area (Å²) in [5, 5.41) is 10.3. The first-order valence-electron chi connectivity index (χ1n) is 6.76. The highest BCUT2D eigenvalue weighted by molar-refractivity contribution is 7.84. The quantitative estimate of drug-likeness (QED) is 0.741. The first kappa shape index (κ1) is 15.6. The lowest BCUT2D eigenvalue weighted by atomic mass is 10.3. The zero-order chi connectivity index (χ0) is 16.1. The van der Waals surface area contributed by atoms with Crippen LogP contribution in [0.25, 0.3) is 11.4 Å². The van der Waals surface area contributed by atoms with Gasteiger partial charge in [0.15, 0.2) is 0 Å². The number of hydrogen-bond donors (Lipinski definition) is 1. The SMILES string of the molecule is O=C(CS(=O)Cc1nc(-c2ccsc2)no1)Nc1ccccc1. The van der Waals surface area contributed by atoms with Gasteiger partial charge in [0, 0.05) is 27.4 Å². The summed E-state index contributed by atoms with van der Waals surface area (Å²) in [6.45, 7) is 0. The minimum atomic E-state index is -1.41. The molecule has 0 radical (unpaired) electrons. The maximum Gasteiger partial charge on any atom is 0.239 e. The van der Waals surface area contributed by atoms with Crippen LogP contribution in [-0.2, 0) is 21.3 Å². The van der Waals surface area contributed by atoms with Crippen LogP contribution in [0.5, 0.6) is 0 Å². The van der Waals surface area contributed by atoms with Crippen LogP contribution in [0, 0.1) is 0 Å². The van der Waals surface area contributed by atoms with Gasteiger partial charge in [-0.25, -0.2) is 0 Å². The number of thiophene rings is 1.